The number of fused-ring (bicyclic) bond motifs is 2. The van der Waals surface area contributed by atoms with E-state index in [0.717, 1.165) is 32.3 Å². The summed E-state index contributed by atoms with van der Waals surface area (Å²) in [6.45, 7) is 8.13. The summed E-state index contributed by atoms with van der Waals surface area (Å²) in [6.07, 6.45) is 3.95. The summed E-state index contributed by atoms with van der Waals surface area (Å²) in [7, 11) is -3.96. The molecule has 25 heavy (non-hydrogen) atoms. The van der Waals surface area contributed by atoms with Crippen LogP contribution in [0.2, 0.25) is 0 Å². The van der Waals surface area contributed by atoms with Gasteiger partial charge in [-0.15, -0.1) is 0 Å². The van der Waals surface area contributed by atoms with Gasteiger partial charge in [0.2, 0.25) is 0 Å². The Morgan fingerprint density at radius 1 is 1.00 bits per heavy atom. The molecule has 1 heterocycles. The molecule has 6 heteroatoms. The number of hydrogen-bond acceptors (Lipinski definition) is 4. The van der Waals surface area contributed by atoms with Crippen molar-refractivity contribution in [1.29, 1.82) is 0 Å². The average molecular weight is 373 g/mol. The van der Waals surface area contributed by atoms with E-state index in [1.165, 1.54) is 0 Å². The Morgan fingerprint density at radius 2 is 1.52 bits per heavy atom. The molecule has 0 radical (unpaired) electrons. The Balaban J connectivity index is 2.00. The minimum Gasteiger partial charge on any atom is -0.340 e. The van der Waals surface area contributed by atoms with Crippen LogP contribution in [0.5, 0.6) is 0 Å². The van der Waals surface area contributed by atoms with Crippen LogP contribution in [-0.4, -0.2) is 25.3 Å². The maximum atomic E-state index is 11.0. The zero-order valence-electron chi connectivity index (χ0n) is 13.7. The molecule has 0 fully saturated rings. The van der Waals surface area contributed by atoms with Gasteiger partial charge in [0.05, 0.1) is 17.1 Å². The third-order valence-electron chi connectivity index (χ3n) is 4.02. The van der Waals surface area contributed by atoms with Crippen molar-refractivity contribution in [2.45, 2.75) is 16.2 Å². The summed E-state index contributed by atoms with van der Waals surface area (Å²) in [6, 6.07) is 12.2. The zero-order valence-corrected chi connectivity index (χ0v) is 15.3. The minimum absolute atomic E-state index is 0.253. The highest BCUT2D eigenvalue weighted by atomic mass is 32.2. The van der Waals surface area contributed by atoms with E-state index in [4.69, 9.17) is 4.55 Å². The molecule has 2 aromatic rings. The van der Waals surface area contributed by atoms with E-state index in [1.807, 2.05) is 24.3 Å². The van der Waals surface area contributed by atoms with Gasteiger partial charge in [0.25, 0.3) is 10.1 Å². The van der Waals surface area contributed by atoms with Crippen LogP contribution in [0.25, 0.3) is 12.2 Å². The van der Waals surface area contributed by atoms with Crippen LogP contribution in [0.4, 0.5) is 11.4 Å². The first-order chi connectivity index (χ1) is 11.9. The van der Waals surface area contributed by atoms with Gasteiger partial charge in [0.15, 0.2) is 0 Å². The lowest BCUT2D eigenvalue weighted by Gasteiger charge is -2.33. The van der Waals surface area contributed by atoms with E-state index in [9.17, 15) is 8.42 Å². The molecule has 1 N–H and O–H groups in total. The van der Waals surface area contributed by atoms with Crippen LogP contribution in [0.15, 0.2) is 59.3 Å². The topological polar surface area (TPSA) is 57.6 Å². The van der Waals surface area contributed by atoms with Gasteiger partial charge < -0.3 is 4.90 Å². The first-order valence-corrected chi connectivity index (χ1v) is 10.3. The molecule has 1 aliphatic heterocycles. The molecule has 130 valence electrons. The van der Waals surface area contributed by atoms with Crippen LogP contribution in [0.1, 0.15) is 17.5 Å². The van der Waals surface area contributed by atoms with Gasteiger partial charge in [0.1, 0.15) is 0 Å². The first-order valence-electron chi connectivity index (χ1n) is 7.85. The smallest absolute Gasteiger partial charge is 0.264 e. The molecule has 0 aromatic heterocycles. The van der Waals surface area contributed by atoms with Crippen molar-refractivity contribution in [1.82, 2.24) is 0 Å². The lowest BCUT2D eigenvalue weighted by atomic mass is 10.1. The number of benzene rings is 2. The van der Waals surface area contributed by atoms with Crippen molar-refractivity contribution in [3.63, 3.8) is 0 Å². The molecule has 0 bridgehead atoms. The quantitative estimate of drug-likeness (QED) is 0.733. The molecule has 0 amide bonds. The number of hydrogen-bond donors (Lipinski definition) is 1. The van der Waals surface area contributed by atoms with E-state index in [1.54, 1.807) is 23.9 Å². The fraction of sp³-hybridized carbons (Fsp3) is 0.158. The second-order valence-corrected chi connectivity index (χ2v) is 8.41. The molecule has 0 spiro atoms. The van der Waals surface area contributed by atoms with Crippen LogP contribution in [0, 0.1) is 0 Å². The lowest BCUT2D eigenvalue weighted by molar-refractivity contribution is 0.481. The molecule has 2 aromatic carbocycles. The highest BCUT2D eigenvalue weighted by Gasteiger charge is 2.24. The summed E-state index contributed by atoms with van der Waals surface area (Å²) >= 11 is 1.68. The molecule has 3 rings (SSSR count). The summed E-state index contributed by atoms with van der Waals surface area (Å²) in [4.78, 5) is 4.29. The monoisotopic (exact) mass is 373 g/mol. The third kappa shape index (κ3) is 3.98. The van der Waals surface area contributed by atoms with E-state index < -0.39 is 10.1 Å². The van der Waals surface area contributed by atoms with Gasteiger partial charge >= 0.3 is 0 Å². The Labute approximate surface area is 152 Å². The van der Waals surface area contributed by atoms with Crippen LogP contribution >= 0.6 is 11.8 Å². The molecule has 1 aliphatic rings. The Bertz CT molecular complexity index is 878. The van der Waals surface area contributed by atoms with Crippen molar-refractivity contribution in [3.05, 3.63) is 60.7 Å². The number of anilines is 2. The van der Waals surface area contributed by atoms with E-state index >= 15 is 0 Å². The molecular formula is C19H19NO3S2. The maximum Gasteiger partial charge on any atom is 0.264 e. The molecule has 4 nitrogen and oxygen atoms in total. The number of rotatable bonds is 6. The van der Waals surface area contributed by atoms with Gasteiger partial charge in [-0.3, -0.25) is 4.55 Å². The van der Waals surface area contributed by atoms with Gasteiger partial charge in [-0.25, -0.2) is 0 Å². The van der Waals surface area contributed by atoms with Crippen LogP contribution in [-0.2, 0) is 10.1 Å². The van der Waals surface area contributed by atoms with Gasteiger partial charge in [-0.05, 0) is 41.8 Å². The van der Waals surface area contributed by atoms with Crippen LogP contribution in [0.3, 0.4) is 0 Å². The average Bonchev–Trinajstić information content (AvgIpc) is 2.59. The maximum absolute atomic E-state index is 11.0. The second kappa shape index (κ2) is 7.07. The Kier molecular flexibility index (Phi) is 5.03. The van der Waals surface area contributed by atoms with Gasteiger partial charge in [-0.2, -0.15) is 8.42 Å². The van der Waals surface area contributed by atoms with Crippen molar-refractivity contribution >= 4 is 45.4 Å². The molecular weight excluding hydrogens is 354 g/mol. The summed E-state index contributed by atoms with van der Waals surface area (Å²) < 4.78 is 31.1. The largest absolute Gasteiger partial charge is 0.340 e. The van der Waals surface area contributed by atoms with Crippen molar-refractivity contribution in [3.8, 4) is 0 Å². The molecule has 0 unspecified atom stereocenters. The lowest BCUT2D eigenvalue weighted by Crippen LogP contribution is -2.24. The van der Waals surface area contributed by atoms with Crippen molar-refractivity contribution in [2.24, 2.45) is 0 Å². The Morgan fingerprint density at radius 3 is 1.96 bits per heavy atom. The Hall–Kier alpha value is -2.02. The highest BCUT2D eigenvalue weighted by Crippen LogP contribution is 2.48. The molecule has 0 atom stereocenters. The SMILES string of the molecule is C=Cc1ccc2c(c1)Sc1cc(C=C)ccc1N2CCCS(=O)(=O)O. The third-order valence-corrected chi connectivity index (χ3v) is 5.92. The predicted octanol–water partition coefficient (Wildman–Crippen LogP) is 4.85. The molecule has 0 saturated carbocycles. The van der Waals surface area contributed by atoms with Crippen LogP contribution < -0.4 is 4.90 Å². The van der Waals surface area contributed by atoms with Crippen molar-refractivity contribution < 1.29 is 13.0 Å². The van der Waals surface area contributed by atoms with E-state index in [2.05, 4.69) is 30.2 Å². The summed E-state index contributed by atoms with van der Waals surface area (Å²) in [5.74, 6) is -0.253. The zero-order chi connectivity index (χ0) is 18.0. The highest BCUT2D eigenvalue weighted by molar-refractivity contribution is 7.99. The van der Waals surface area contributed by atoms with Gasteiger partial charge in [0, 0.05) is 16.3 Å². The second-order valence-electron chi connectivity index (χ2n) is 5.76. The standard InChI is InChI=1S/C19H19NO3S2/c1-3-14-6-8-16-18(12-14)24-19-13-15(4-2)7-9-17(19)20(16)10-5-11-25(21,22)23/h3-4,6-9,12-13H,1-2,5,10-11H2,(H,21,22,23). The fourth-order valence-electron chi connectivity index (χ4n) is 2.82. The predicted molar refractivity (Wildman–Crippen MR) is 105 cm³/mol. The normalized spacial score (nSPS) is 13.1. The fourth-order valence-corrected chi connectivity index (χ4v) is 4.51. The van der Waals surface area contributed by atoms with Crippen molar-refractivity contribution in [2.75, 3.05) is 17.2 Å². The number of nitrogens with zero attached hydrogens (tertiary/aromatic N) is 1. The van der Waals surface area contributed by atoms with E-state index in [-0.39, 0.29) is 5.75 Å². The summed E-state index contributed by atoms with van der Waals surface area (Å²) in [5, 5.41) is 0. The summed E-state index contributed by atoms with van der Waals surface area (Å²) in [5.41, 5.74) is 4.13. The first kappa shape index (κ1) is 17.8. The van der Waals surface area contributed by atoms with E-state index in [0.29, 0.717) is 13.0 Å². The minimum atomic E-state index is -3.96. The molecule has 0 saturated heterocycles. The molecule has 0 aliphatic carbocycles. The van der Waals surface area contributed by atoms with Gasteiger partial charge in [-0.1, -0.05) is 49.2 Å².